The third-order valence-corrected chi connectivity index (χ3v) is 6.61. The number of aldehydes is 1. The molecule has 1 aliphatic heterocycles. The van der Waals surface area contributed by atoms with Crippen molar-refractivity contribution in [3.05, 3.63) is 29.5 Å². The summed E-state index contributed by atoms with van der Waals surface area (Å²) in [6.45, 7) is 4.88. The Morgan fingerprint density at radius 2 is 1.93 bits per heavy atom. The summed E-state index contributed by atoms with van der Waals surface area (Å²) in [5, 5.41) is 10.4. The van der Waals surface area contributed by atoms with E-state index in [2.05, 4.69) is 17.9 Å². The molecule has 0 saturated carbocycles. The molecular formula is C19H24N4O4S. The molecule has 0 bridgehead atoms. The van der Waals surface area contributed by atoms with Crippen LogP contribution in [0.3, 0.4) is 0 Å². The van der Waals surface area contributed by atoms with E-state index in [9.17, 15) is 18.5 Å². The zero-order valence-corrected chi connectivity index (χ0v) is 17.1. The highest BCUT2D eigenvalue weighted by molar-refractivity contribution is 7.88. The number of piperazine rings is 1. The van der Waals surface area contributed by atoms with E-state index in [1.54, 1.807) is 18.2 Å². The summed E-state index contributed by atoms with van der Waals surface area (Å²) >= 11 is 0. The Labute approximate surface area is 164 Å². The van der Waals surface area contributed by atoms with Gasteiger partial charge in [-0.25, -0.2) is 8.42 Å². The lowest BCUT2D eigenvalue weighted by Gasteiger charge is -2.37. The predicted molar refractivity (Wildman–Crippen MR) is 106 cm³/mol. The molecule has 0 amide bonds. The molecule has 1 aliphatic rings. The minimum absolute atomic E-state index is 0.112. The van der Waals surface area contributed by atoms with Crippen molar-refractivity contribution in [2.24, 2.45) is 0 Å². The van der Waals surface area contributed by atoms with Gasteiger partial charge < -0.3 is 9.30 Å². The molecule has 1 atom stereocenters. The van der Waals surface area contributed by atoms with E-state index in [4.69, 9.17) is 4.74 Å². The first-order valence-corrected chi connectivity index (χ1v) is 10.9. The fraction of sp³-hybridized carbons (Fsp3) is 0.474. The fourth-order valence-electron chi connectivity index (χ4n) is 3.72. The van der Waals surface area contributed by atoms with Gasteiger partial charge in [-0.3, -0.25) is 9.69 Å². The topological polar surface area (TPSA) is 95.6 Å². The molecule has 150 valence electrons. The van der Waals surface area contributed by atoms with Crippen LogP contribution in [0, 0.1) is 11.3 Å². The number of fused-ring (bicyclic) bond motifs is 1. The van der Waals surface area contributed by atoms with E-state index >= 15 is 0 Å². The van der Waals surface area contributed by atoms with Crippen LogP contribution in [0.1, 0.15) is 23.0 Å². The molecule has 1 fully saturated rings. The zero-order chi connectivity index (χ0) is 20.5. The molecule has 1 unspecified atom stereocenters. The minimum Gasteiger partial charge on any atom is -0.496 e. The largest absolute Gasteiger partial charge is 0.496 e. The summed E-state index contributed by atoms with van der Waals surface area (Å²) in [5.74, 6) is 0.473. The third kappa shape index (κ3) is 3.90. The summed E-state index contributed by atoms with van der Waals surface area (Å²) in [6, 6.07) is 7.63. The maximum Gasteiger partial charge on any atom is 0.211 e. The van der Waals surface area contributed by atoms with E-state index in [1.807, 2.05) is 4.57 Å². The lowest BCUT2D eigenvalue weighted by Crippen LogP contribution is -2.51. The van der Waals surface area contributed by atoms with E-state index in [-0.39, 0.29) is 6.04 Å². The summed E-state index contributed by atoms with van der Waals surface area (Å²) < 4.78 is 32.1. The van der Waals surface area contributed by atoms with Gasteiger partial charge in [-0.1, -0.05) is 0 Å². The number of nitriles is 1. The van der Waals surface area contributed by atoms with Gasteiger partial charge in [-0.05, 0) is 19.1 Å². The standard InChI is InChI=1S/C19H24N4O4S/c1-14(21-4-6-22(7-5-21)28(3,25)26)12-23-17(11-20)9-15-8-16(13-24)19(27-2)10-18(15)23/h8-10,13-14H,4-7,12H2,1-3H3. The molecule has 3 rings (SSSR count). The van der Waals surface area contributed by atoms with Crippen molar-refractivity contribution in [3.8, 4) is 11.8 Å². The van der Waals surface area contributed by atoms with Gasteiger partial charge >= 0.3 is 0 Å². The lowest BCUT2D eigenvalue weighted by molar-refractivity contribution is 0.112. The zero-order valence-electron chi connectivity index (χ0n) is 16.3. The lowest BCUT2D eigenvalue weighted by atomic mass is 10.1. The summed E-state index contributed by atoms with van der Waals surface area (Å²) in [5.41, 5.74) is 1.80. The van der Waals surface area contributed by atoms with Crippen LogP contribution in [-0.4, -0.2) is 74.1 Å². The number of carbonyl (C=O) groups is 1. The van der Waals surface area contributed by atoms with Gasteiger partial charge in [-0.2, -0.15) is 9.57 Å². The predicted octanol–water partition coefficient (Wildman–Crippen LogP) is 1.30. The van der Waals surface area contributed by atoms with Crippen molar-refractivity contribution in [1.29, 1.82) is 5.26 Å². The van der Waals surface area contributed by atoms with Crippen molar-refractivity contribution < 1.29 is 17.9 Å². The van der Waals surface area contributed by atoms with Crippen molar-refractivity contribution in [2.75, 3.05) is 39.5 Å². The molecular weight excluding hydrogens is 380 g/mol. The number of carbonyl (C=O) groups excluding carboxylic acids is 1. The molecule has 2 heterocycles. The van der Waals surface area contributed by atoms with Gasteiger partial charge in [-0.15, -0.1) is 0 Å². The van der Waals surface area contributed by atoms with Crippen molar-refractivity contribution in [2.45, 2.75) is 19.5 Å². The van der Waals surface area contributed by atoms with E-state index in [0.29, 0.717) is 49.7 Å². The Morgan fingerprint density at radius 1 is 1.25 bits per heavy atom. The highest BCUT2D eigenvalue weighted by Crippen LogP contribution is 2.28. The van der Waals surface area contributed by atoms with Gasteiger partial charge in [0.15, 0.2) is 6.29 Å². The van der Waals surface area contributed by atoms with Crippen LogP contribution in [0.4, 0.5) is 0 Å². The molecule has 0 N–H and O–H groups in total. The third-order valence-electron chi connectivity index (χ3n) is 5.31. The van der Waals surface area contributed by atoms with Crippen LogP contribution in [-0.2, 0) is 16.6 Å². The molecule has 1 aromatic carbocycles. The second-order valence-electron chi connectivity index (χ2n) is 7.07. The van der Waals surface area contributed by atoms with E-state index < -0.39 is 10.0 Å². The quantitative estimate of drug-likeness (QED) is 0.674. The summed E-state index contributed by atoms with van der Waals surface area (Å²) in [4.78, 5) is 13.5. The first-order chi connectivity index (χ1) is 13.3. The average molecular weight is 404 g/mol. The number of hydrogen-bond acceptors (Lipinski definition) is 6. The number of nitrogens with zero attached hydrogens (tertiary/aromatic N) is 4. The highest BCUT2D eigenvalue weighted by atomic mass is 32.2. The Bertz CT molecular complexity index is 1030. The number of rotatable bonds is 6. The number of hydrogen-bond donors (Lipinski definition) is 0. The van der Waals surface area contributed by atoms with Gasteiger partial charge in [0.05, 0.1) is 24.4 Å². The van der Waals surface area contributed by atoms with Crippen molar-refractivity contribution in [1.82, 2.24) is 13.8 Å². The summed E-state index contributed by atoms with van der Waals surface area (Å²) in [6.07, 6.45) is 1.98. The van der Waals surface area contributed by atoms with Crippen LogP contribution >= 0.6 is 0 Å². The normalized spacial score (nSPS) is 17.4. The van der Waals surface area contributed by atoms with Crippen molar-refractivity contribution in [3.63, 3.8) is 0 Å². The van der Waals surface area contributed by atoms with Gasteiger partial charge in [0.1, 0.15) is 17.5 Å². The van der Waals surface area contributed by atoms with Crippen LogP contribution in [0.25, 0.3) is 10.9 Å². The second-order valence-corrected chi connectivity index (χ2v) is 9.05. The van der Waals surface area contributed by atoms with Gasteiger partial charge in [0.25, 0.3) is 0 Å². The number of aromatic nitrogens is 1. The van der Waals surface area contributed by atoms with Crippen LogP contribution in [0.2, 0.25) is 0 Å². The highest BCUT2D eigenvalue weighted by Gasteiger charge is 2.26. The fourth-order valence-corrected chi connectivity index (χ4v) is 4.55. The number of ether oxygens (including phenoxy) is 1. The molecule has 1 saturated heterocycles. The average Bonchev–Trinajstić information content (AvgIpc) is 3.02. The number of methoxy groups -OCH3 is 1. The molecule has 0 radical (unpaired) electrons. The van der Waals surface area contributed by atoms with E-state index in [1.165, 1.54) is 17.7 Å². The SMILES string of the molecule is COc1cc2c(cc1C=O)cc(C#N)n2CC(C)N1CCN(S(C)(=O)=O)CC1. The van der Waals surface area contributed by atoms with E-state index in [0.717, 1.165) is 17.2 Å². The van der Waals surface area contributed by atoms with Gasteiger partial charge in [0, 0.05) is 50.2 Å². The molecule has 1 aromatic heterocycles. The molecule has 0 aliphatic carbocycles. The smallest absolute Gasteiger partial charge is 0.211 e. The number of sulfonamides is 1. The monoisotopic (exact) mass is 404 g/mol. The Morgan fingerprint density at radius 3 is 2.46 bits per heavy atom. The van der Waals surface area contributed by atoms with Crippen molar-refractivity contribution >= 4 is 27.2 Å². The maximum absolute atomic E-state index is 11.7. The molecule has 8 nitrogen and oxygen atoms in total. The molecule has 28 heavy (non-hydrogen) atoms. The Hall–Kier alpha value is -2.41. The Kier molecular flexibility index (Phi) is 5.74. The van der Waals surface area contributed by atoms with Gasteiger partial charge in [0.2, 0.25) is 10.0 Å². The Balaban J connectivity index is 1.85. The van der Waals surface area contributed by atoms with Crippen LogP contribution in [0.5, 0.6) is 5.75 Å². The minimum atomic E-state index is -3.16. The number of benzene rings is 1. The first-order valence-electron chi connectivity index (χ1n) is 9.04. The molecule has 9 heteroatoms. The van der Waals surface area contributed by atoms with Crippen LogP contribution < -0.4 is 4.74 Å². The maximum atomic E-state index is 11.7. The van der Waals surface area contributed by atoms with Crippen LogP contribution in [0.15, 0.2) is 18.2 Å². The first kappa shape index (κ1) is 20.3. The summed E-state index contributed by atoms with van der Waals surface area (Å²) in [7, 11) is -1.65. The molecule has 2 aromatic rings. The second kappa shape index (κ2) is 7.91. The molecule has 0 spiro atoms.